The van der Waals surface area contributed by atoms with Crippen molar-refractivity contribution in [3.8, 4) is 11.5 Å². The number of amides is 1. The summed E-state index contributed by atoms with van der Waals surface area (Å²) in [5.41, 5.74) is 1.50. The van der Waals surface area contributed by atoms with Crippen LogP contribution >= 0.6 is 0 Å². The third-order valence-corrected chi connectivity index (χ3v) is 4.13. The van der Waals surface area contributed by atoms with Crippen molar-refractivity contribution in [1.82, 2.24) is 15.6 Å². The molecule has 1 aliphatic rings. The molecule has 0 radical (unpaired) electrons. The van der Waals surface area contributed by atoms with Crippen LogP contribution in [0.1, 0.15) is 29.6 Å². The fourth-order valence-corrected chi connectivity index (χ4v) is 2.77. The SMILES string of the molecule is Cc1nc(-c2ccccc2)oc1C(=O)NC1CCNCC1C. The number of benzene rings is 1. The summed E-state index contributed by atoms with van der Waals surface area (Å²) in [4.78, 5) is 16.8. The summed E-state index contributed by atoms with van der Waals surface area (Å²) < 4.78 is 5.70. The highest BCUT2D eigenvalue weighted by Gasteiger charge is 2.26. The van der Waals surface area contributed by atoms with Crippen molar-refractivity contribution in [2.45, 2.75) is 26.3 Å². The number of piperidine rings is 1. The van der Waals surface area contributed by atoms with E-state index in [0.29, 0.717) is 23.3 Å². The van der Waals surface area contributed by atoms with E-state index < -0.39 is 0 Å². The molecule has 1 aromatic carbocycles. The van der Waals surface area contributed by atoms with Crippen molar-refractivity contribution in [2.24, 2.45) is 5.92 Å². The van der Waals surface area contributed by atoms with Crippen molar-refractivity contribution in [2.75, 3.05) is 13.1 Å². The Morgan fingerprint density at radius 3 is 2.86 bits per heavy atom. The Bertz CT molecular complexity index is 651. The van der Waals surface area contributed by atoms with Gasteiger partial charge < -0.3 is 15.1 Å². The maximum absolute atomic E-state index is 12.5. The van der Waals surface area contributed by atoms with Crippen LogP contribution in [0.3, 0.4) is 0 Å². The first kappa shape index (κ1) is 14.8. The van der Waals surface area contributed by atoms with Crippen molar-refractivity contribution >= 4 is 5.91 Å². The van der Waals surface area contributed by atoms with E-state index in [2.05, 4.69) is 22.5 Å². The predicted octanol–water partition coefficient (Wildman–Crippen LogP) is 2.38. The molecule has 1 fully saturated rings. The summed E-state index contributed by atoms with van der Waals surface area (Å²) in [5.74, 6) is 1.03. The minimum atomic E-state index is -0.175. The number of carbonyl (C=O) groups excluding carboxylic acids is 1. The third-order valence-electron chi connectivity index (χ3n) is 4.13. The van der Waals surface area contributed by atoms with Gasteiger partial charge in [-0.15, -0.1) is 0 Å². The molecule has 3 rings (SSSR count). The molecule has 0 bridgehead atoms. The molecule has 2 N–H and O–H groups in total. The highest BCUT2D eigenvalue weighted by molar-refractivity contribution is 5.93. The molecule has 1 aliphatic heterocycles. The van der Waals surface area contributed by atoms with Crippen LogP contribution in [0.5, 0.6) is 0 Å². The Labute approximate surface area is 130 Å². The number of oxazole rings is 1. The Kier molecular flexibility index (Phi) is 4.24. The second-order valence-corrected chi connectivity index (χ2v) is 5.85. The zero-order valence-electron chi connectivity index (χ0n) is 12.9. The highest BCUT2D eigenvalue weighted by Crippen LogP contribution is 2.22. The van der Waals surface area contributed by atoms with E-state index in [1.807, 2.05) is 30.3 Å². The average molecular weight is 299 g/mol. The number of carbonyl (C=O) groups is 1. The van der Waals surface area contributed by atoms with Crippen molar-refractivity contribution < 1.29 is 9.21 Å². The Morgan fingerprint density at radius 1 is 1.36 bits per heavy atom. The van der Waals surface area contributed by atoms with Crippen LogP contribution in [-0.2, 0) is 0 Å². The smallest absolute Gasteiger partial charge is 0.289 e. The van der Waals surface area contributed by atoms with Crippen LogP contribution in [0.4, 0.5) is 0 Å². The van der Waals surface area contributed by atoms with E-state index in [4.69, 9.17) is 4.42 Å². The summed E-state index contributed by atoms with van der Waals surface area (Å²) in [5, 5.41) is 6.41. The lowest BCUT2D eigenvalue weighted by molar-refractivity contribution is 0.0886. The first-order valence-corrected chi connectivity index (χ1v) is 7.69. The first-order chi connectivity index (χ1) is 10.6. The average Bonchev–Trinajstić information content (AvgIpc) is 2.92. The lowest BCUT2D eigenvalue weighted by atomic mass is 9.95. The van der Waals surface area contributed by atoms with Crippen LogP contribution in [0, 0.1) is 12.8 Å². The lowest BCUT2D eigenvalue weighted by Gasteiger charge is -2.29. The van der Waals surface area contributed by atoms with Gasteiger partial charge in [-0.05, 0) is 44.5 Å². The van der Waals surface area contributed by atoms with Crippen LogP contribution in [-0.4, -0.2) is 30.0 Å². The summed E-state index contributed by atoms with van der Waals surface area (Å²) in [6, 6.07) is 9.80. The van der Waals surface area contributed by atoms with Crippen LogP contribution in [0.25, 0.3) is 11.5 Å². The Balaban J connectivity index is 1.77. The molecule has 5 heteroatoms. The fourth-order valence-electron chi connectivity index (χ4n) is 2.77. The molecule has 1 saturated heterocycles. The van der Waals surface area contributed by atoms with E-state index in [-0.39, 0.29) is 11.9 Å². The molecule has 2 unspecified atom stereocenters. The number of aryl methyl sites for hydroxylation is 1. The molecule has 22 heavy (non-hydrogen) atoms. The van der Waals surface area contributed by atoms with Gasteiger partial charge in [-0.2, -0.15) is 0 Å². The van der Waals surface area contributed by atoms with Gasteiger partial charge >= 0.3 is 0 Å². The largest absolute Gasteiger partial charge is 0.431 e. The molecular formula is C17H21N3O2. The summed E-state index contributed by atoms with van der Waals surface area (Å²) in [7, 11) is 0. The summed E-state index contributed by atoms with van der Waals surface area (Å²) in [6.45, 7) is 5.80. The van der Waals surface area contributed by atoms with Gasteiger partial charge in [-0.3, -0.25) is 4.79 Å². The van der Waals surface area contributed by atoms with Gasteiger partial charge in [0.1, 0.15) is 0 Å². The van der Waals surface area contributed by atoms with Gasteiger partial charge in [0.25, 0.3) is 5.91 Å². The molecule has 2 aromatic rings. The summed E-state index contributed by atoms with van der Waals surface area (Å²) >= 11 is 0. The van der Waals surface area contributed by atoms with Gasteiger partial charge in [0.2, 0.25) is 11.7 Å². The summed E-state index contributed by atoms with van der Waals surface area (Å²) in [6.07, 6.45) is 0.936. The Hall–Kier alpha value is -2.14. The van der Waals surface area contributed by atoms with Crippen molar-refractivity contribution in [1.29, 1.82) is 0 Å². The second kappa shape index (κ2) is 6.32. The monoisotopic (exact) mass is 299 g/mol. The highest BCUT2D eigenvalue weighted by atomic mass is 16.4. The number of nitrogens with zero attached hydrogens (tertiary/aromatic N) is 1. The molecule has 1 amide bonds. The predicted molar refractivity (Wildman–Crippen MR) is 84.6 cm³/mol. The number of nitrogens with one attached hydrogen (secondary N) is 2. The lowest BCUT2D eigenvalue weighted by Crippen LogP contribution is -2.48. The quantitative estimate of drug-likeness (QED) is 0.913. The Morgan fingerprint density at radius 2 is 2.14 bits per heavy atom. The maximum Gasteiger partial charge on any atom is 0.289 e. The van der Waals surface area contributed by atoms with Gasteiger partial charge in [0.05, 0.1) is 5.69 Å². The zero-order valence-corrected chi connectivity index (χ0v) is 12.9. The van der Waals surface area contributed by atoms with Crippen LogP contribution in [0.15, 0.2) is 34.7 Å². The van der Waals surface area contributed by atoms with Gasteiger partial charge in [-0.1, -0.05) is 25.1 Å². The number of rotatable bonds is 3. The second-order valence-electron chi connectivity index (χ2n) is 5.85. The number of hydrogen-bond donors (Lipinski definition) is 2. The molecular weight excluding hydrogens is 278 g/mol. The standard InChI is InChI=1S/C17H21N3O2/c1-11-10-18-9-8-14(11)20-16(21)15-12(2)19-17(22-15)13-6-4-3-5-7-13/h3-7,11,14,18H,8-10H2,1-2H3,(H,20,21). The number of aromatic nitrogens is 1. The van der Waals surface area contributed by atoms with Crippen LogP contribution < -0.4 is 10.6 Å². The third kappa shape index (κ3) is 3.04. The molecule has 116 valence electrons. The zero-order chi connectivity index (χ0) is 15.5. The topological polar surface area (TPSA) is 67.2 Å². The fraction of sp³-hybridized carbons (Fsp3) is 0.412. The first-order valence-electron chi connectivity index (χ1n) is 7.69. The normalized spacial score (nSPS) is 21.5. The van der Waals surface area contributed by atoms with Crippen molar-refractivity contribution in [3.05, 3.63) is 41.8 Å². The van der Waals surface area contributed by atoms with E-state index in [0.717, 1.165) is 25.1 Å². The van der Waals surface area contributed by atoms with E-state index in [1.165, 1.54) is 0 Å². The van der Waals surface area contributed by atoms with E-state index >= 15 is 0 Å². The molecule has 2 atom stereocenters. The van der Waals surface area contributed by atoms with E-state index in [1.54, 1.807) is 6.92 Å². The molecule has 0 spiro atoms. The van der Waals surface area contributed by atoms with Gasteiger partial charge in [-0.25, -0.2) is 4.98 Å². The molecule has 0 aliphatic carbocycles. The van der Waals surface area contributed by atoms with E-state index in [9.17, 15) is 4.79 Å². The minimum absolute atomic E-state index is 0.175. The van der Waals surface area contributed by atoms with Gasteiger partial charge in [0.15, 0.2) is 0 Å². The van der Waals surface area contributed by atoms with Gasteiger partial charge in [0, 0.05) is 11.6 Å². The maximum atomic E-state index is 12.5. The molecule has 0 saturated carbocycles. The number of hydrogen-bond acceptors (Lipinski definition) is 4. The van der Waals surface area contributed by atoms with Crippen molar-refractivity contribution in [3.63, 3.8) is 0 Å². The molecule has 2 heterocycles. The molecule has 5 nitrogen and oxygen atoms in total. The minimum Gasteiger partial charge on any atom is -0.431 e. The van der Waals surface area contributed by atoms with Crippen LogP contribution in [0.2, 0.25) is 0 Å². The molecule has 1 aromatic heterocycles.